The molecule has 1 fully saturated rings. The molecule has 2 unspecified atom stereocenters. The standard InChI is InChI=1S/C20H38N2O4SSi2/c1-20(2,19(25-28-4)26-29-5)16(14(21)11-13-9-7-6-8-10-13)17-22-12-15(27-17)18(23)24-3/h12-14,16,19H,6-11,21,28-29H2,1-5H3. The number of aromatic nitrogens is 1. The van der Waals surface area contributed by atoms with E-state index in [4.69, 9.17) is 19.3 Å². The van der Waals surface area contributed by atoms with E-state index in [2.05, 4.69) is 31.9 Å². The number of thiazole rings is 1. The molecule has 0 saturated heterocycles. The van der Waals surface area contributed by atoms with E-state index >= 15 is 0 Å². The molecule has 2 atom stereocenters. The molecule has 0 radical (unpaired) electrons. The van der Waals surface area contributed by atoms with Crippen LogP contribution in [0, 0.1) is 11.3 Å². The van der Waals surface area contributed by atoms with Crippen molar-refractivity contribution in [2.24, 2.45) is 17.1 Å². The van der Waals surface area contributed by atoms with Crippen molar-refractivity contribution in [1.29, 1.82) is 0 Å². The van der Waals surface area contributed by atoms with Gasteiger partial charge in [-0.3, -0.25) is 0 Å². The van der Waals surface area contributed by atoms with Gasteiger partial charge in [-0.05, 0) is 12.3 Å². The van der Waals surface area contributed by atoms with E-state index in [1.54, 1.807) is 6.20 Å². The summed E-state index contributed by atoms with van der Waals surface area (Å²) in [5.74, 6) is 0.273. The second-order valence-corrected chi connectivity index (χ2v) is 11.4. The SMILES string of the molecule is COC(=O)c1cnc(C(C(N)CC2CCCCC2)C(C)(C)C(O[SiH2]C)O[SiH2]C)s1. The first-order chi connectivity index (χ1) is 13.8. The summed E-state index contributed by atoms with van der Waals surface area (Å²) in [6.45, 7) is 8.60. The number of methoxy groups -OCH3 is 1. The van der Waals surface area contributed by atoms with Crippen LogP contribution in [0.3, 0.4) is 0 Å². The van der Waals surface area contributed by atoms with Crippen LogP contribution in [0.2, 0.25) is 13.1 Å². The molecule has 0 spiro atoms. The van der Waals surface area contributed by atoms with Crippen LogP contribution in [-0.2, 0) is 13.6 Å². The van der Waals surface area contributed by atoms with Crippen molar-refractivity contribution in [3.8, 4) is 0 Å². The number of hydrogen-bond donors (Lipinski definition) is 1. The van der Waals surface area contributed by atoms with Crippen LogP contribution < -0.4 is 5.73 Å². The highest BCUT2D eigenvalue weighted by molar-refractivity contribution is 7.13. The molecule has 29 heavy (non-hydrogen) atoms. The van der Waals surface area contributed by atoms with E-state index < -0.39 is 19.5 Å². The lowest BCUT2D eigenvalue weighted by Crippen LogP contribution is -2.47. The molecular weight excluding hydrogens is 420 g/mol. The van der Waals surface area contributed by atoms with Gasteiger partial charge in [0.2, 0.25) is 0 Å². The van der Waals surface area contributed by atoms with E-state index in [0.29, 0.717) is 10.8 Å². The Morgan fingerprint density at radius 3 is 2.45 bits per heavy atom. The van der Waals surface area contributed by atoms with Gasteiger partial charge in [0, 0.05) is 17.4 Å². The Bertz CT molecular complexity index is 632. The molecule has 1 aliphatic rings. The molecule has 1 aliphatic carbocycles. The number of carbonyl (C=O) groups is 1. The maximum absolute atomic E-state index is 12.0. The molecule has 166 valence electrons. The normalized spacial score (nSPS) is 19.8. The van der Waals surface area contributed by atoms with Crippen LogP contribution in [0.5, 0.6) is 0 Å². The monoisotopic (exact) mass is 458 g/mol. The largest absolute Gasteiger partial charge is 0.465 e. The van der Waals surface area contributed by atoms with Gasteiger partial charge in [-0.15, -0.1) is 11.3 Å². The molecule has 6 nitrogen and oxygen atoms in total. The van der Waals surface area contributed by atoms with E-state index in [1.807, 2.05) is 0 Å². The summed E-state index contributed by atoms with van der Waals surface area (Å²) < 4.78 is 17.2. The van der Waals surface area contributed by atoms with Crippen LogP contribution in [0.1, 0.15) is 73.0 Å². The van der Waals surface area contributed by atoms with Crippen LogP contribution in [0.4, 0.5) is 0 Å². The quantitative estimate of drug-likeness (QED) is 0.312. The van der Waals surface area contributed by atoms with Crippen LogP contribution >= 0.6 is 11.3 Å². The van der Waals surface area contributed by atoms with Crippen molar-refractivity contribution in [2.75, 3.05) is 7.11 Å². The predicted octanol–water partition coefficient (Wildman–Crippen LogP) is 2.96. The number of hydrogen-bond acceptors (Lipinski definition) is 7. The molecule has 1 saturated carbocycles. The van der Waals surface area contributed by atoms with Crippen LogP contribution in [0.15, 0.2) is 6.20 Å². The highest BCUT2D eigenvalue weighted by atomic mass is 32.1. The molecule has 2 rings (SSSR count). The van der Waals surface area contributed by atoms with Gasteiger partial charge in [-0.1, -0.05) is 59.0 Å². The maximum Gasteiger partial charge on any atom is 0.349 e. The molecule has 0 bridgehead atoms. The predicted molar refractivity (Wildman–Crippen MR) is 124 cm³/mol. The number of nitrogens with two attached hydrogens (primary N) is 1. The van der Waals surface area contributed by atoms with Crippen molar-refractivity contribution >= 4 is 36.8 Å². The van der Waals surface area contributed by atoms with Gasteiger partial charge in [0.05, 0.1) is 18.3 Å². The highest BCUT2D eigenvalue weighted by Gasteiger charge is 2.44. The Morgan fingerprint density at radius 2 is 1.90 bits per heavy atom. The number of carbonyl (C=O) groups excluding carboxylic acids is 1. The van der Waals surface area contributed by atoms with Gasteiger partial charge in [-0.2, -0.15) is 0 Å². The fourth-order valence-corrected chi connectivity index (χ4v) is 7.61. The topological polar surface area (TPSA) is 83.7 Å². The molecule has 9 heteroatoms. The number of ether oxygens (including phenoxy) is 1. The highest BCUT2D eigenvalue weighted by Crippen LogP contribution is 2.45. The van der Waals surface area contributed by atoms with Gasteiger partial charge in [0.1, 0.15) is 11.2 Å². The molecule has 1 aromatic heterocycles. The number of nitrogens with zero attached hydrogens (tertiary/aromatic N) is 1. The van der Waals surface area contributed by atoms with Crippen molar-refractivity contribution < 1.29 is 18.4 Å². The van der Waals surface area contributed by atoms with E-state index in [-0.39, 0.29) is 29.6 Å². The first kappa shape index (κ1) is 24.7. The minimum absolute atomic E-state index is 0.0427. The molecule has 2 N–H and O–H groups in total. The minimum atomic E-state index is -0.641. The zero-order chi connectivity index (χ0) is 21.4. The lowest BCUT2D eigenvalue weighted by Gasteiger charge is -2.43. The van der Waals surface area contributed by atoms with Gasteiger partial charge in [0.15, 0.2) is 19.5 Å². The summed E-state index contributed by atoms with van der Waals surface area (Å²) in [6, 6.07) is -0.0588. The van der Waals surface area contributed by atoms with E-state index in [9.17, 15) is 4.79 Å². The Kier molecular flexibility index (Phi) is 9.97. The second-order valence-electron chi connectivity index (χ2n) is 8.50. The summed E-state index contributed by atoms with van der Waals surface area (Å²) >= 11 is 1.39. The summed E-state index contributed by atoms with van der Waals surface area (Å²) in [5.41, 5.74) is 6.54. The van der Waals surface area contributed by atoms with Gasteiger partial charge in [-0.25, -0.2) is 9.78 Å². The Labute approximate surface area is 184 Å². The average molecular weight is 459 g/mol. The van der Waals surface area contributed by atoms with Crippen LogP contribution in [0.25, 0.3) is 0 Å². The molecule has 0 aliphatic heterocycles. The Hall–Kier alpha value is -0.586. The molecular formula is C20H38N2O4SSi2. The smallest absolute Gasteiger partial charge is 0.349 e. The summed E-state index contributed by atoms with van der Waals surface area (Å²) in [7, 11) is 0.114. The van der Waals surface area contributed by atoms with Crippen molar-refractivity contribution in [2.45, 2.75) is 83.7 Å². The molecule has 1 heterocycles. The third kappa shape index (κ3) is 6.44. The van der Waals surface area contributed by atoms with Crippen molar-refractivity contribution in [3.63, 3.8) is 0 Å². The van der Waals surface area contributed by atoms with Crippen molar-refractivity contribution in [3.05, 3.63) is 16.1 Å². The Morgan fingerprint density at radius 1 is 1.28 bits per heavy atom. The van der Waals surface area contributed by atoms with Crippen LogP contribution in [-0.4, -0.2) is 49.9 Å². The molecule has 0 amide bonds. The fourth-order valence-electron chi connectivity index (χ4n) is 4.55. The number of rotatable bonds is 11. The van der Waals surface area contributed by atoms with E-state index in [0.717, 1.165) is 11.4 Å². The van der Waals surface area contributed by atoms with Crippen molar-refractivity contribution in [1.82, 2.24) is 4.98 Å². The minimum Gasteiger partial charge on any atom is -0.465 e. The maximum atomic E-state index is 12.0. The average Bonchev–Trinajstić information content (AvgIpc) is 3.17. The fraction of sp³-hybridized carbons (Fsp3) is 0.800. The summed E-state index contributed by atoms with van der Waals surface area (Å²) in [4.78, 5) is 17.1. The first-order valence-corrected chi connectivity index (χ1v) is 15.7. The third-order valence-electron chi connectivity index (χ3n) is 5.98. The summed E-state index contributed by atoms with van der Waals surface area (Å²) in [5, 5.41) is 0.881. The molecule has 1 aromatic rings. The molecule has 0 aromatic carbocycles. The van der Waals surface area contributed by atoms with Gasteiger partial charge < -0.3 is 19.3 Å². The zero-order valence-electron chi connectivity index (χ0n) is 18.6. The second kappa shape index (κ2) is 11.7. The first-order valence-electron chi connectivity index (χ1n) is 10.9. The summed E-state index contributed by atoms with van der Waals surface area (Å²) in [6.07, 6.45) is 8.76. The zero-order valence-corrected chi connectivity index (χ0v) is 22.3. The lowest BCUT2D eigenvalue weighted by atomic mass is 9.71. The lowest BCUT2D eigenvalue weighted by molar-refractivity contribution is -0.0945. The number of esters is 1. The Balaban J connectivity index is 2.34. The van der Waals surface area contributed by atoms with Gasteiger partial charge >= 0.3 is 5.97 Å². The van der Waals surface area contributed by atoms with Gasteiger partial charge in [0.25, 0.3) is 0 Å². The van der Waals surface area contributed by atoms with E-state index in [1.165, 1.54) is 50.6 Å². The third-order valence-corrected chi connectivity index (χ3v) is 8.31.